The molecule has 0 saturated carbocycles. The topological polar surface area (TPSA) is 63.0 Å². The molecule has 0 spiro atoms. The van der Waals surface area contributed by atoms with Crippen molar-refractivity contribution < 1.29 is 9.53 Å². The van der Waals surface area contributed by atoms with E-state index in [2.05, 4.69) is 4.98 Å². The normalized spacial score (nSPS) is 10.4. The fraction of sp³-hybridized carbons (Fsp3) is 0.417. The van der Waals surface area contributed by atoms with Gasteiger partial charge in [0.1, 0.15) is 0 Å². The highest BCUT2D eigenvalue weighted by Gasteiger charge is 2.20. The lowest BCUT2D eigenvalue weighted by molar-refractivity contribution is -0.143. The molecule has 4 heteroatoms. The Labute approximate surface area is 95.9 Å². The average molecular weight is 220 g/mol. The standard InChI is InChI=1S/C10H10N2O2.C2H6/c1-2-14-10(13)9(7-11)8-3-5-12-6-4-8;1-2/h3-6,9H,2H2,1H3;1-2H3. The Balaban J connectivity index is 0.00000106. The van der Waals surface area contributed by atoms with Crippen molar-refractivity contribution in [3.8, 4) is 6.07 Å². The van der Waals surface area contributed by atoms with E-state index < -0.39 is 11.9 Å². The number of hydrogen-bond acceptors (Lipinski definition) is 4. The van der Waals surface area contributed by atoms with Crippen LogP contribution in [0.2, 0.25) is 0 Å². The van der Waals surface area contributed by atoms with Crippen LogP contribution in [0.1, 0.15) is 32.3 Å². The molecule has 86 valence electrons. The quantitative estimate of drug-likeness (QED) is 0.733. The van der Waals surface area contributed by atoms with Gasteiger partial charge in [0.05, 0.1) is 12.7 Å². The molecule has 1 rings (SSSR count). The molecule has 1 atom stereocenters. The lowest BCUT2D eigenvalue weighted by Gasteiger charge is -2.07. The summed E-state index contributed by atoms with van der Waals surface area (Å²) >= 11 is 0. The molecule has 16 heavy (non-hydrogen) atoms. The molecule has 0 aliphatic heterocycles. The van der Waals surface area contributed by atoms with Crippen LogP contribution in [0.25, 0.3) is 0 Å². The molecule has 4 nitrogen and oxygen atoms in total. The molecular formula is C12H16N2O2. The van der Waals surface area contributed by atoms with Crippen molar-refractivity contribution in [2.45, 2.75) is 26.7 Å². The highest BCUT2D eigenvalue weighted by molar-refractivity contribution is 5.81. The highest BCUT2D eigenvalue weighted by Crippen LogP contribution is 2.15. The van der Waals surface area contributed by atoms with Gasteiger partial charge in [0.25, 0.3) is 0 Å². The minimum absolute atomic E-state index is 0.280. The van der Waals surface area contributed by atoms with Gasteiger partial charge in [-0.25, -0.2) is 0 Å². The van der Waals surface area contributed by atoms with E-state index in [4.69, 9.17) is 10.00 Å². The van der Waals surface area contributed by atoms with E-state index >= 15 is 0 Å². The van der Waals surface area contributed by atoms with E-state index in [1.807, 2.05) is 19.9 Å². The Bertz CT molecular complexity index is 344. The maximum absolute atomic E-state index is 11.3. The molecule has 1 heterocycles. The number of nitriles is 1. The zero-order valence-corrected chi connectivity index (χ0v) is 9.80. The fourth-order valence-electron chi connectivity index (χ4n) is 1.04. The zero-order chi connectivity index (χ0) is 12.4. The van der Waals surface area contributed by atoms with Gasteiger partial charge in [-0.2, -0.15) is 5.26 Å². The van der Waals surface area contributed by atoms with Crippen molar-refractivity contribution in [1.82, 2.24) is 4.98 Å². The van der Waals surface area contributed by atoms with Crippen LogP contribution in [0.3, 0.4) is 0 Å². The fourth-order valence-corrected chi connectivity index (χ4v) is 1.04. The molecule has 0 amide bonds. The summed E-state index contributed by atoms with van der Waals surface area (Å²) in [6.45, 7) is 5.99. The highest BCUT2D eigenvalue weighted by atomic mass is 16.5. The second-order valence-electron chi connectivity index (χ2n) is 2.59. The van der Waals surface area contributed by atoms with Crippen LogP contribution >= 0.6 is 0 Å². The van der Waals surface area contributed by atoms with Gasteiger partial charge in [0.2, 0.25) is 0 Å². The first-order valence-corrected chi connectivity index (χ1v) is 5.25. The maximum atomic E-state index is 11.3. The molecular weight excluding hydrogens is 204 g/mol. The van der Waals surface area contributed by atoms with Gasteiger partial charge in [0.15, 0.2) is 5.92 Å². The van der Waals surface area contributed by atoms with Gasteiger partial charge in [-0.05, 0) is 24.6 Å². The second-order valence-corrected chi connectivity index (χ2v) is 2.59. The van der Waals surface area contributed by atoms with E-state index in [1.54, 1.807) is 31.5 Å². The number of carbonyl (C=O) groups excluding carboxylic acids is 1. The third kappa shape index (κ3) is 4.09. The number of pyridine rings is 1. The minimum atomic E-state index is -0.849. The van der Waals surface area contributed by atoms with Crippen LogP contribution in [0.4, 0.5) is 0 Å². The van der Waals surface area contributed by atoms with E-state index in [-0.39, 0.29) is 6.61 Å². The number of esters is 1. The number of aromatic nitrogens is 1. The third-order valence-corrected chi connectivity index (χ3v) is 1.69. The Hall–Kier alpha value is -1.89. The molecule has 0 bridgehead atoms. The molecule has 1 unspecified atom stereocenters. The van der Waals surface area contributed by atoms with Crippen LogP contribution in [0.15, 0.2) is 24.5 Å². The first-order chi connectivity index (χ1) is 7.79. The van der Waals surface area contributed by atoms with Crippen molar-refractivity contribution in [3.05, 3.63) is 30.1 Å². The summed E-state index contributed by atoms with van der Waals surface area (Å²) in [6.07, 6.45) is 3.08. The number of hydrogen-bond donors (Lipinski definition) is 0. The van der Waals surface area contributed by atoms with E-state index in [0.29, 0.717) is 5.56 Å². The largest absolute Gasteiger partial charge is 0.465 e. The molecule has 1 aromatic rings. The smallest absolute Gasteiger partial charge is 0.327 e. The molecule has 0 aromatic carbocycles. The Morgan fingerprint density at radius 3 is 2.50 bits per heavy atom. The summed E-state index contributed by atoms with van der Waals surface area (Å²) < 4.78 is 4.77. The third-order valence-electron chi connectivity index (χ3n) is 1.69. The molecule has 0 fully saturated rings. The van der Waals surface area contributed by atoms with Crippen molar-refractivity contribution >= 4 is 5.97 Å². The van der Waals surface area contributed by atoms with Gasteiger partial charge in [0, 0.05) is 12.4 Å². The Kier molecular flexibility index (Phi) is 7.43. The van der Waals surface area contributed by atoms with Crippen LogP contribution in [0, 0.1) is 11.3 Å². The van der Waals surface area contributed by atoms with Gasteiger partial charge in [-0.15, -0.1) is 0 Å². The van der Waals surface area contributed by atoms with Gasteiger partial charge in [-0.1, -0.05) is 13.8 Å². The minimum Gasteiger partial charge on any atom is -0.465 e. The van der Waals surface area contributed by atoms with Crippen molar-refractivity contribution in [3.63, 3.8) is 0 Å². The molecule has 0 saturated heterocycles. The molecule has 1 aromatic heterocycles. The first kappa shape index (κ1) is 14.1. The van der Waals surface area contributed by atoms with Crippen molar-refractivity contribution in [2.75, 3.05) is 6.61 Å². The summed E-state index contributed by atoms with van der Waals surface area (Å²) in [7, 11) is 0. The summed E-state index contributed by atoms with van der Waals surface area (Å²) in [6, 6.07) is 5.16. The Morgan fingerprint density at radius 1 is 1.50 bits per heavy atom. The summed E-state index contributed by atoms with van der Waals surface area (Å²) in [5.41, 5.74) is 0.612. The van der Waals surface area contributed by atoms with Gasteiger partial charge >= 0.3 is 5.97 Å². The molecule has 0 aliphatic rings. The number of ether oxygens (including phenoxy) is 1. The SMILES string of the molecule is CC.CCOC(=O)C(C#N)c1ccncc1. The first-order valence-electron chi connectivity index (χ1n) is 5.25. The van der Waals surface area contributed by atoms with E-state index in [0.717, 1.165) is 0 Å². The number of carbonyl (C=O) groups is 1. The lowest BCUT2D eigenvalue weighted by atomic mass is 10.0. The predicted octanol–water partition coefficient (Wildman–Crippen LogP) is 2.28. The maximum Gasteiger partial charge on any atom is 0.327 e. The summed E-state index contributed by atoms with van der Waals surface area (Å²) in [5.74, 6) is -1.36. The molecule has 0 radical (unpaired) electrons. The molecule has 0 N–H and O–H groups in total. The molecule has 0 aliphatic carbocycles. The number of rotatable bonds is 3. The summed E-state index contributed by atoms with van der Waals surface area (Å²) in [5, 5.41) is 8.81. The van der Waals surface area contributed by atoms with Gasteiger partial charge in [-0.3, -0.25) is 9.78 Å². The van der Waals surface area contributed by atoms with Crippen molar-refractivity contribution in [2.24, 2.45) is 0 Å². The second kappa shape index (κ2) is 8.42. The van der Waals surface area contributed by atoms with Crippen molar-refractivity contribution in [1.29, 1.82) is 5.26 Å². The van der Waals surface area contributed by atoms with Crippen LogP contribution in [0.5, 0.6) is 0 Å². The monoisotopic (exact) mass is 220 g/mol. The average Bonchev–Trinajstić information content (AvgIpc) is 2.34. The summed E-state index contributed by atoms with van der Waals surface area (Å²) in [4.78, 5) is 15.1. The van der Waals surface area contributed by atoms with Crippen LogP contribution < -0.4 is 0 Å². The predicted molar refractivity (Wildman–Crippen MR) is 60.6 cm³/mol. The Morgan fingerprint density at radius 2 is 2.06 bits per heavy atom. The van der Waals surface area contributed by atoms with Crippen LogP contribution in [-0.4, -0.2) is 17.6 Å². The van der Waals surface area contributed by atoms with Gasteiger partial charge < -0.3 is 4.74 Å². The van der Waals surface area contributed by atoms with Crippen LogP contribution in [-0.2, 0) is 9.53 Å². The lowest BCUT2D eigenvalue weighted by Crippen LogP contribution is -2.14. The zero-order valence-electron chi connectivity index (χ0n) is 9.80. The van der Waals surface area contributed by atoms with E-state index in [1.165, 1.54) is 0 Å². The number of nitrogens with zero attached hydrogens (tertiary/aromatic N) is 2. The van der Waals surface area contributed by atoms with E-state index in [9.17, 15) is 4.79 Å².